The van der Waals surface area contributed by atoms with Crippen LogP contribution < -0.4 is 11.1 Å². The van der Waals surface area contributed by atoms with Gasteiger partial charge in [0, 0.05) is 24.6 Å². The van der Waals surface area contributed by atoms with Crippen LogP contribution in [0, 0.1) is 0 Å². The number of nitrogen functional groups attached to an aromatic ring is 1. The summed E-state index contributed by atoms with van der Waals surface area (Å²) in [5, 5.41) is 13.8. The average Bonchev–Trinajstić information content (AvgIpc) is 3.27. The van der Waals surface area contributed by atoms with Gasteiger partial charge in [0.2, 0.25) is 0 Å². The van der Waals surface area contributed by atoms with E-state index in [-0.39, 0.29) is 5.41 Å². The smallest absolute Gasteiger partial charge is 0.164 e. The summed E-state index contributed by atoms with van der Waals surface area (Å²) in [7, 11) is 0. The van der Waals surface area contributed by atoms with Crippen LogP contribution in [0.5, 0.6) is 0 Å². The number of imidazole rings is 1. The lowest BCUT2D eigenvalue weighted by molar-refractivity contribution is 0.137. The fourth-order valence-electron chi connectivity index (χ4n) is 4.20. The van der Waals surface area contributed by atoms with Crippen molar-refractivity contribution in [3.8, 4) is 17.1 Å². The maximum absolute atomic E-state index is 10.6. The number of anilines is 1. The minimum absolute atomic E-state index is 0.0807. The molecule has 0 fully saturated rings. The van der Waals surface area contributed by atoms with Crippen molar-refractivity contribution in [2.45, 2.75) is 39.0 Å². The van der Waals surface area contributed by atoms with Crippen molar-refractivity contribution in [1.29, 1.82) is 0 Å². The number of nitrogens with zero attached hydrogens (tertiary/aromatic N) is 4. The second kappa shape index (κ2) is 9.53. The lowest BCUT2D eigenvalue weighted by Gasteiger charge is -2.20. The molecule has 0 saturated heterocycles. The highest BCUT2D eigenvalue weighted by Crippen LogP contribution is 2.30. The van der Waals surface area contributed by atoms with Gasteiger partial charge in [-0.25, -0.2) is 15.0 Å². The van der Waals surface area contributed by atoms with Gasteiger partial charge in [0.25, 0.3) is 0 Å². The van der Waals surface area contributed by atoms with E-state index in [9.17, 15) is 5.11 Å². The number of rotatable bonds is 6. The number of aromatic nitrogens is 4. The number of aliphatic hydroxyl groups is 1. The van der Waals surface area contributed by atoms with E-state index in [0.29, 0.717) is 18.2 Å². The Kier molecular flexibility index (Phi) is 6.26. The molecule has 7 nitrogen and oxygen atoms in total. The van der Waals surface area contributed by atoms with Gasteiger partial charge in [-0.3, -0.25) is 9.88 Å². The summed E-state index contributed by atoms with van der Waals surface area (Å²) in [5.41, 5.74) is 12.6. The van der Waals surface area contributed by atoms with Crippen molar-refractivity contribution in [1.82, 2.24) is 24.8 Å². The predicted molar refractivity (Wildman–Crippen MR) is 143 cm³/mol. The van der Waals surface area contributed by atoms with Gasteiger partial charge in [0.05, 0.1) is 5.56 Å². The number of pyridine rings is 2. The third kappa shape index (κ3) is 4.71. The van der Waals surface area contributed by atoms with Gasteiger partial charge >= 0.3 is 0 Å². The standard InChI is InChI=1S/C29H30N6O/c1-29(2,3)21-12-10-20(11-13-21)28(36)33-18-19-8-14-22(15-9-19)35-26(23-6-4-16-31-25(23)30)34-24-7-5-17-32-27(24)35/h4-17,28,33,36H,18H2,1-3H3,(H2,30,31). The fraction of sp³-hybridized carbons (Fsp3) is 0.207. The third-order valence-electron chi connectivity index (χ3n) is 6.28. The zero-order chi connectivity index (χ0) is 25.3. The van der Waals surface area contributed by atoms with Crippen LogP contribution in [0.25, 0.3) is 28.2 Å². The lowest BCUT2D eigenvalue weighted by atomic mass is 9.86. The first-order valence-electron chi connectivity index (χ1n) is 12.0. The number of benzene rings is 2. The van der Waals surface area contributed by atoms with E-state index in [4.69, 9.17) is 10.7 Å². The summed E-state index contributed by atoms with van der Waals surface area (Å²) in [5.74, 6) is 1.11. The van der Waals surface area contributed by atoms with Gasteiger partial charge in [-0.2, -0.15) is 0 Å². The molecule has 4 N–H and O–H groups in total. The number of nitrogens with two attached hydrogens (primary N) is 1. The Hall–Kier alpha value is -4.07. The van der Waals surface area contributed by atoms with Crippen LogP contribution >= 0.6 is 0 Å². The Labute approximate surface area is 210 Å². The lowest BCUT2D eigenvalue weighted by Crippen LogP contribution is -2.20. The van der Waals surface area contributed by atoms with Gasteiger partial charge in [0.1, 0.15) is 17.6 Å². The van der Waals surface area contributed by atoms with E-state index in [1.165, 1.54) is 5.56 Å². The van der Waals surface area contributed by atoms with E-state index in [1.807, 2.05) is 65.2 Å². The van der Waals surface area contributed by atoms with Gasteiger partial charge < -0.3 is 10.8 Å². The first-order valence-corrected chi connectivity index (χ1v) is 12.0. The molecule has 0 aliphatic heterocycles. The van der Waals surface area contributed by atoms with Crippen LogP contribution in [0.4, 0.5) is 5.82 Å². The Bertz CT molecular complexity index is 1480. The fourth-order valence-corrected chi connectivity index (χ4v) is 4.20. The van der Waals surface area contributed by atoms with Crippen molar-refractivity contribution >= 4 is 17.0 Å². The molecule has 0 bridgehead atoms. The van der Waals surface area contributed by atoms with Gasteiger partial charge in [-0.15, -0.1) is 0 Å². The average molecular weight is 479 g/mol. The third-order valence-corrected chi connectivity index (χ3v) is 6.28. The molecule has 0 aliphatic rings. The van der Waals surface area contributed by atoms with Crippen LogP contribution in [-0.2, 0) is 12.0 Å². The first kappa shape index (κ1) is 23.7. The van der Waals surface area contributed by atoms with Gasteiger partial charge in [-0.05, 0) is 58.5 Å². The molecule has 3 heterocycles. The summed E-state index contributed by atoms with van der Waals surface area (Å²) in [6.07, 6.45) is 2.67. The van der Waals surface area contributed by atoms with Gasteiger partial charge in [0.15, 0.2) is 11.5 Å². The molecule has 0 amide bonds. The van der Waals surface area contributed by atoms with Crippen molar-refractivity contribution < 1.29 is 5.11 Å². The molecule has 5 aromatic rings. The van der Waals surface area contributed by atoms with E-state index < -0.39 is 6.23 Å². The van der Waals surface area contributed by atoms with Crippen molar-refractivity contribution in [3.63, 3.8) is 0 Å². The van der Waals surface area contributed by atoms with Crippen molar-refractivity contribution in [2.24, 2.45) is 0 Å². The molecule has 5 rings (SSSR count). The quantitative estimate of drug-likeness (QED) is 0.292. The first-order chi connectivity index (χ1) is 17.3. The van der Waals surface area contributed by atoms with E-state index in [1.54, 1.807) is 12.4 Å². The molecule has 0 saturated carbocycles. The molecule has 2 aromatic carbocycles. The molecular formula is C29H30N6O. The van der Waals surface area contributed by atoms with Gasteiger partial charge in [-0.1, -0.05) is 57.2 Å². The molecule has 7 heteroatoms. The molecular weight excluding hydrogens is 448 g/mol. The highest BCUT2D eigenvalue weighted by molar-refractivity contribution is 5.82. The normalized spacial score (nSPS) is 12.7. The number of hydrogen-bond acceptors (Lipinski definition) is 6. The molecule has 182 valence electrons. The summed E-state index contributed by atoms with van der Waals surface area (Å²) in [6, 6.07) is 23.8. The van der Waals surface area contributed by atoms with Crippen LogP contribution in [0.3, 0.4) is 0 Å². The molecule has 1 atom stereocenters. The molecule has 0 spiro atoms. The van der Waals surface area contributed by atoms with Crippen LogP contribution in [0.2, 0.25) is 0 Å². The second-order valence-electron chi connectivity index (χ2n) is 9.88. The summed E-state index contributed by atoms with van der Waals surface area (Å²) < 4.78 is 1.99. The predicted octanol–water partition coefficient (Wildman–Crippen LogP) is 5.14. The monoisotopic (exact) mass is 478 g/mol. The SMILES string of the molecule is CC(C)(C)c1ccc(C(O)NCc2ccc(-n3c(-c4cccnc4N)nc4cccnc43)cc2)cc1. The maximum Gasteiger partial charge on any atom is 0.164 e. The van der Waals surface area contributed by atoms with Crippen molar-refractivity contribution in [3.05, 3.63) is 102 Å². The second-order valence-corrected chi connectivity index (χ2v) is 9.88. The molecule has 3 aromatic heterocycles. The summed E-state index contributed by atoms with van der Waals surface area (Å²) in [6.45, 7) is 7.06. The molecule has 0 aliphatic carbocycles. The number of aliphatic hydroxyl groups excluding tert-OH is 1. The van der Waals surface area contributed by atoms with E-state index in [2.05, 4.69) is 48.2 Å². The zero-order valence-corrected chi connectivity index (χ0v) is 20.7. The molecule has 1 unspecified atom stereocenters. The van der Waals surface area contributed by atoms with Crippen LogP contribution in [-0.4, -0.2) is 24.6 Å². The van der Waals surface area contributed by atoms with Crippen molar-refractivity contribution in [2.75, 3.05) is 5.73 Å². The Morgan fingerprint density at radius 3 is 2.31 bits per heavy atom. The Morgan fingerprint density at radius 2 is 1.61 bits per heavy atom. The highest BCUT2D eigenvalue weighted by Gasteiger charge is 2.18. The number of fused-ring (bicyclic) bond motifs is 1. The minimum atomic E-state index is -0.749. The van der Waals surface area contributed by atoms with Crippen LogP contribution in [0.15, 0.2) is 85.2 Å². The molecule has 36 heavy (non-hydrogen) atoms. The summed E-state index contributed by atoms with van der Waals surface area (Å²) in [4.78, 5) is 13.6. The van der Waals surface area contributed by atoms with Crippen LogP contribution in [0.1, 0.15) is 43.7 Å². The van der Waals surface area contributed by atoms with E-state index >= 15 is 0 Å². The Balaban J connectivity index is 1.37. The largest absolute Gasteiger partial charge is 0.383 e. The topological polar surface area (TPSA) is 102 Å². The number of hydrogen-bond donors (Lipinski definition) is 3. The highest BCUT2D eigenvalue weighted by atomic mass is 16.3. The summed E-state index contributed by atoms with van der Waals surface area (Å²) >= 11 is 0. The van der Waals surface area contributed by atoms with E-state index in [0.717, 1.165) is 33.5 Å². The number of nitrogens with one attached hydrogen (secondary N) is 1. The zero-order valence-electron chi connectivity index (χ0n) is 20.7. The maximum atomic E-state index is 10.6. The molecule has 0 radical (unpaired) electrons. The minimum Gasteiger partial charge on any atom is -0.383 e. The Morgan fingerprint density at radius 1 is 0.917 bits per heavy atom.